The van der Waals surface area contributed by atoms with Crippen molar-refractivity contribution in [3.8, 4) is 0 Å². The summed E-state index contributed by atoms with van der Waals surface area (Å²) in [7, 11) is -3.83. The molecule has 3 heterocycles. The number of benzene rings is 1. The molecule has 2 aliphatic heterocycles. The average molecular weight is 528 g/mol. The van der Waals surface area contributed by atoms with Crippen molar-refractivity contribution in [2.24, 2.45) is 0 Å². The second kappa shape index (κ2) is 10.8. The van der Waals surface area contributed by atoms with Crippen molar-refractivity contribution >= 4 is 33.3 Å². The first-order valence-corrected chi connectivity index (χ1v) is 12.6. The molecule has 0 bridgehead atoms. The maximum Gasteiger partial charge on any atom is 0.414 e. The van der Waals surface area contributed by atoms with Gasteiger partial charge < -0.3 is 9.64 Å². The molecule has 4 rings (SSSR count). The molecule has 1 aromatic heterocycles. The third-order valence-electron chi connectivity index (χ3n) is 5.88. The lowest BCUT2D eigenvalue weighted by molar-refractivity contribution is -0.129. The molecule has 1 atom stereocenters. The molecule has 0 aliphatic carbocycles. The number of hydrogen-bond acceptors (Lipinski definition) is 8. The fourth-order valence-corrected chi connectivity index (χ4v) is 5.28. The number of carbonyl (C=O) groups is 2. The Bertz CT molecular complexity index is 1220. The Kier molecular flexibility index (Phi) is 7.76. The number of rotatable bonds is 8. The van der Waals surface area contributed by atoms with Gasteiger partial charge in [-0.15, -0.1) is 4.41 Å². The summed E-state index contributed by atoms with van der Waals surface area (Å²) in [6.07, 6.45) is -2.34. The van der Waals surface area contributed by atoms with Gasteiger partial charge in [0.2, 0.25) is 0 Å². The van der Waals surface area contributed by atoms with Gasteiger partial charge in [-0.2, -0.15) is 0 Å². The van der Waals surface area contributed by atoms with Crippen LogP contribution < -0.4 is 15.2 Å². The second-order valence-electron chi connectivity index (χ2n) is 8.22. The van der Waals surface area contributed by atoms with Crippen LogP contribution in [0.25, 0.3) is 0 Å². The van der Waals surface area contributed by atoms with Crippen LogP contribution in [0.5, 0.6) is 0 Å². The molecule has 1 aromatic carbocycles. The zero-order chi connectivity index (χ0) is 25.9. The molecule has 1 amide bonds. The zero-order valence-corrected chi connectivity index (χ0v) is 19.8. The Morgan fingerprint density at radius 2 is 2.03 bits per heavy atom. The third kappa shape index (κ3) is 5.60. The number of ketones is 1. The van der Waals surface area contributed by atoms with E-state index in [0.29, 0.717) is 6.54 Å². The number of pyridine rings is 1. The number of hydrogen-bond donors (Lipinski definition) is 1. The maximum atomic E-state index is 15.1. The normalized spacial score (nSPS) is 19.4. The van der Waals surface area contributed by atoms with E-state index < -0.39 is 46.7 Å². The number of Topliss-reactive ketones (excluding diaryl/α,β-unsaturated/α-hetero) is 1. The summed E-state index contributed by atoms with van der Waals surface area (Å²) in [6.45, 7) is 0.813. The van der Waals surface area contributed by atoms with Crippen LogP contribution in [0, 0.1) is 5.82 Å². The lowest BCUT2D eigenvalue weighted by Crippen LogP contribution is -2.43. The number of ether oxygens (including phenoxy) is 1. The van der Waals surface area contributed by atoms with Crippen LogP contribution >= 0.6 is 0 Å². The SMILES string of the molecule is O=C(CC[C@H]1CN(c2ccc(N3CCNN(S(=O)(=O)c4cccnc4)CC3)c(F)c2)C(=O)O1)C(F)F. The summed E-state index contributed by atoms with van der Waals surface area (Å²) < 4.78 is 71.8. The first-order chi connectivity index (χ1) is 17.2. The predicted octanol–water partition coefficient (Wildman–Crippen LogP) is 2.18. The first-order valence-electron chi connectivity index (χ1n) is 11.2. The van der Waals surface area contributed by atoms with E-state index in [2.05, 4.69) is 10.4 Å². The molecular weight excluding hydrogens is 503 g/mol. The van der Waals surface area contributed by atoms with Crippen LogP contribution in [0.4, 0.5) is 29.3 Å². The van der Waals surface area contributed by atoms with Crippen LogP contribution in [-0.4, -0.2) is 74.9 Å². The van der Waals surface area contributed by atoms with Crippen LogP contribution in [0.2, 0.25) is 0 Å². The molecule has 10 nitrogen and oxygen atoms in total. The number of cyclic esters (lactones) is 1. The van der Waals surface area contributed by atoms with Crippen molar-refractivity contribution in [1.29, 1.82) is 0 Å². The Morgan fingerprint density at radius 1 is 1.22 bits per heavy atom. The highest BCUT2D eigenvalue weighted by atomic mass is 32.2. The Labute approximate surface area is 205 Å². The van der Waals surface area contributed by atoms with Crippen LogP contribution in [0.15, 0.2) is 47.6 Å². The molecule has 194 valence electrons. The molecule has 14 heteroatoms. The summed E-state index contributed by atoms with van der Waals surface area (Å²) in [4.78, 5) is 30.1. The topological polar surface area (TPSA) is 112 Å². The minimum absolute atomic E-state index is 0.00291. The average Bonchev–Trinajstić information content (AvgIpc) is 3.06. The van der Waals surface area contributed by atoms with Crippen molar-refractivity contribution < 1.29 is 35.9 Å². The molecule has 36 heavy (non-hydrogen) atoms. The Hall–Kier alpha value is -3.23. The molecule has 1 N–H and O–H groups in total. The number of aromatic nitrogens is 1. The number of carbonyl (C=O) groups excluding carboxylic acids is 2. The van der Waals surface area contributed by atoms with E-state index in [1.54, 1.807) is 4.90 Å². The number of alkyl halides is 2. The van der Waals surface area contributed by atoms with Gasteiger partial charge in [0.1, 0.15) is 16.8 Å². The number of amides is 1. The highest BCUT2D eigenvalue weighted by molar-refractivity contribution is 7.89. The standard InChI is InChI=1S/C22H24F3N5O5S/c23-18-12-15(29-14-16(35-22(29)32)4-6-20(31)21(24)25)3-5-19(18)28-9-8-27-30(11-10-28)36(33,34)17-2-1-7-26-13-17/h1-3,5,7,12-13,16,21,27H,4,6,8-11,14H2/t16-/m0/s1. The number of nitrogens with zero attached hydrogens (tertiary/aromatic N) is 4. The van der Waals surface area contributed by atoms with Crippen LogP contribution in [0.1, 0.15) is 12.8 Å². The minimum Gasteiger partial charge on any atom is -0.444 e. The highest BCUT2D eigenvalue weighted by Gasteiger charge is 2.34. The van der Waals surface area contributed by atoms with E-state index >= 15 is 4.39 Å². The van der Waals surface area contributed by atoms with E-state index in [0.717, 1.165) is 10.5 Å². The molecule has 0 saturated carbocycles. The van der Waals surface area contributed by atoms with Gasteiger partial charge in [0.25, 0.3) is 16.4 Å². The van der Waals surface area contributed by atoms with Gasteiger partial charge in [-0.1, -0.05) is 0 Å². The Balaban J connectivity index is 1.41. The summed E-state index contributed by atoms with van der Waals surface area (Å²) in [5.41, 5.74) is 3.30. The van der Waals surface area contributed by atoms with E-state index in [1.165, 1.54) is 41.6 Å². The molecule has 2 fully saturated rings. The van der Waals surface area contributed by atoms with Gasteiger partial charge in [-0.05, 0) is 36.8 Å². The quantitative estimate of drug-likeness (QED) is 0.556. The van der Waals surface area contributed by atoms with E-state index in [1.807, 2.05) is 0 Å². The van der Waals surface area contributed by atoms with Gasteiger partial charge in [-0.25, -0.2) is 31.8 Å². The van der Waals surface area contributed by atoms with Crippen molar-refractivity contribution in [1.82, 2.24) is 14.8 Å². The number of sulfonamides is 1. The lowest BCUT2D eigenvalue weighted by atomic mass is 10.1. The fourth-order valence-electron chi connectivity index (χ4n) is 4.00. The zero-order valence-electron chi connectivity index (χ0n) is 19.0. The smallest absolute Gasteiger partial charge is 0.414 e. The molecule has 0 radical (unpaired) electrons. The number of halogens is 3. The fraction of sp³-hybridized carbons (Fsp3) is 0.409. The lowest BCUT2D eigenvalue weighted by Gasteiger charge is -2.24. The molecule has 2 aliphatic rings. The van der Waals surface area contributed by atoms with Gasteiger partial charge in [0.15, 0.2) is 5.78 Å². The molecular formula is C22H24F3N5O5S. The van der Waals surface area contributed by atoms with Crippen molar-refractivity contribution in [2.45, 2.75) is 30.3 Å². The predicted molar refractivity (Wildman–Crippen MR) is 123 cm³/mol. The molecule has 0 spiro atoms. The number of hydrazine groups is 1. The van der Waals surface area contributed by atoms with Crippen LogP contribution in [0.3, 0.4) is 0 Å². The van der Waals surface area contributed by atoms with E-state index in [-0.39, 0.29) is 48.9 Å². The van der Waals surface area contributed by atoms with E-state index in [4.69, 9.17) is 4.74 Å². The molecule has 0 unspecified atom stereocenters. The van der Waals surface area contributed by atoms with Crippen LogP contribution in [-0.2, 0) is 19.6 Å². The monoisotopic (exact) mass is 527 g/mol. The second-order valence-corrected chi connectivity index (χ2v) is 10.1. The largest absolute Gasteiger partial charge is 0.444 e. The van der Waals surface area contributed by atoms with Gasteiger partial charge in [0, 0.05) is 45.0 Å². The van der Waals surface area contributed by atoms with Crippen molar-refractivity contribution in [3.05, 3.63) is 48.5 Å². The Morgan fingerprint density at radius 3 is 2.72 bits per heavy atom. The molecule has 2 aromatic rings. The summed E-state index contributed by atoms with van der Waals surface area (Å²) in [6, 6.07) is 7.13. The highest BCUT2D eigenvalue weighted by Crippen LogP contribution is 2.29. The van der Waals surface area contributed by atoms with Crippen molar-refractivity contribution in [3.63, 3.8) is 0 Å². The summed E-state index contributed by atoms with van der Waals surface area (Å²) in [5, 5.41) is 0. The summed E-state index contributed by atoms with van der Waals surface area (Å²) >= 11 is 0. The van der Waals surface area contributed by atoms with Crippen molar-refractivity contribution in [2.75, 3.05) is 42.5 Å². The number of nitrogens with one attached hydrogen (secondary N) is 1. The van der Waals surface area contributed by atoms with Gasteiger partial charge in [-0.3, -0.25) is 14.7 Å². The van der Waals surface area contributed by atoms with Gasteiger partial charge >= 0.3 is 6.09 Å². The third-order valence-corrected chi connectivity index (χ3v) is 7.61. The minimum atomic E-state index is -3.83. The van der Waals surface area contributed by atoms with E-state index in [9.17, 15) is 26.8 Å². The maximum absolute atomic E-state index is 15.1. The molecule has 2 saturated heterocycles. The van der Waals surface area contributed by atoms with Gasteiger partial charge in [0.05, 0.1) is 17.9 Å². The first kappa shape index (κ1) is 25.9. The summed E-state index contributed by atoms with van der Waals surface area (Å²) in [5.74, 6) is -1.85. The number of anilines is 2.